The van der Waals surface area contributed by atoms with E-state index in [1.165, 1.54) is 0 Å². The highest BCUT2D eigenvalue weighted by atomic mass is 16.1. The molecule has 0 unspecified atom stereocenters. The van der Waals surface area contributed by atoms with Crippen LogP contribution in [0, 0.1) is 13.8 Å². The van der Waals surface area contributed by atoms with Crippen molar-refractivity contribution in [2.24, 2.45) is 7.05 Å². The first-order chi connectivity index (χ1) is 8.50. The van der Waals surface area contributed by atoms with Gasteiger partial charge in [0.1, 0.15) is 5.82 Å². The molecule has 2 aromatic rings. The van der Waals surface area contributed by atoms with Gasteiger partial charge < -0.3 is 11.1 Å². The van der Waals surface area contributed by atoms with E-state index in [0.29, 0.717) is 23.6 Å². The maximum Gasteiger partial charge on any atom is 0.255 e. The summed E-state index contributed by atoms with van der Waals surface area (Å²) in [4.78, 5) is 12.0. The number of aryl methyl sites for hydroxylation is 3. The number of aromatic amines is 1. The van der Waals surface area contributed by atoms with Crippen LogP contribution in [0.4, 0.5) is 5.82 Å². The minimum absolute atomic E-state index is 0.165. The normalized spacial score (nSPS) is 10.6. The van der Waals surface area contributed by atoms with Crippen molar-refractivity contribution in [3.8, 4) is 0 Å². The van der Waals surface area contributed by atoms with E-state index >= 15 is 0 Å². The number of nitrogen functional groups attached to an aromatic ring is 1. The van der Waals surface area contributed by atoms with Crippen molar-refractivity contribution in [2.45, 2.75) is 20.4 Å². The maximum absolute atomic E-state index is 12.0. The number of nitrogens with two attached hydrogens (primary N) is 1. The second kappa shape index (κ2) is 4.52. The number of hydrogen-bond donors (Lipinski definition) is 3. The van der Waals surface area contributed by atoms with Gasteiger partial charge in [-0.05, 0) is 13.8 Å². The summed E-state index contributed by atoms with van der Waals surface area (Å²) in [6, 6.07) is 0. The van der Waals surface area contributed by atoms with Crippen molar-refractivity contribution >= 4 is 11.7 Å². The summed E-state index contributed by atoms with van der Waals surface area (Å²) in [7, 11) is 1.75. The molecule has 0 aliphatic heterocycles. The van der Waals surface area contributed by atoms with E-state index in [2.05, 4.69) is 20.6 Å². The fraction of sp³-hybridized carbons (Fsp3) is 0.364. The van der Waals surface area contributed by atoms with Crippen LogP contribution >= 0.6 is 0 Å². The van der Waals surface area contributed by atoms with Gasteiger partial charge in [0.2, 0.25) is 0 Å². The number of nitrogens with one attached hydrogen (secondary N) is 2. The van der Waals surface area contributed by atoms with E-state index < -0.39 is 0 Å². The second-order valence-corrected chi connectivity index (χ2v) is 4.17. The Bertz CT molecular complexity index is 563. The number of carbonyl (C=O) groups is 1. The molecule has 96 valence electrons. The molecule has 0 saturated carbocycles. The first-order valence-electron chi connectivity index (χ1n) is 5.56. The predicted molar refractivity (Wildman–Crippen MR) is 66.9 cm³/mol. The van der Waals surface area contributed by atoms with Gasteiger partial charge in [-0.25, -0.2) is 0 Å². The summed E-state index contributed by atoms with van der Waals surface area (Å²) in [5, 5.41) is 13.6. The van der Waals surface area contributed by atoms with Crippen LogP contribution < -0.4 is 11.1 Å². The van der Waals surface area contributed by atoms with E-state index in [1.54, 1.807) is 24.9 Å². The Kier molecular flexibility index (Phi) is 3.05. The van der Waals surface area contributed by atoms with Crippen LogP contribution in [0.1, 0.15) is 27.3 Å². The lowest BCUT2D eigenvalue weighted by molar-refractivity contribution is 0.0950. The lowest BCUT2D eigenvalue weighted by Gasteiger charge is -2.05. The molecule has 7 nitrogen and oxygen atoms in total. The topological polar surface area (TPSA) is 102 Å². The summed E-state index contributed by atoms with van der Waals surface area (Å²) in [6.45, 7) is 3.95. The zero-order chi connectivity index (χ0) is 13.3. The average Bonchev–Trinajstić information content (AvgIpc) is 2.82. The Labute approximate surface area is 104 Å². The highest BCUT2D eigenvalue weighted by Gasteiger charge is 2.15. The number of hydrogen-bond acceptors (Lipinski definition) is 4. The van der Waals surface area contributed by atoms with Gasteiger partial charge in [-0.1, -0.05) is 0 Å². The molecular weight excluding hydrogens is 232 g/mol. The molecule has 0 aliphatic carbocycles. The van der Waals surface area contributed by atoms with Crippen LogP contribution in [0.3, 0.4) is 0 Å². The Morgan fingerprint density at radius 1 is 1.56 bits per heavy atom. The number of carbonyl (C=O) groups excluding carboxylic acids is 1. The van der Waals surface area contributed by atoms with Gasteiger partial charge in [-0.3, -0.25) is 14.6 Å². The average molecular weight is 248 g/mol. The van der Waals surface area contributed by atoms with Gasteiger partial charge >= 0.3 is 0 Å². The van der Waals surface area contributed by atoms with E-state index in [4.69, 9.17) is 5.73 Å². The van der Waals surface area contributed by atoms with Crippen molar-refractivity contribution < 1.29 is 4.79 Å². The first-order valence-corrected chi connectivity index (χ1v) is 5.56. The first kappa shape index (κ1) is 12.2. The van der Waals surface area contributed by atoms with E-state index in [-0.39, 0.29) is 5.91 Å². The van der Waals surface area contributed by atoms with E-state index in [0.717, 1.165) is 11.3 Å². The van der Waals surface area contributed by atoms with Crippen LogP contribution in [0.25, 0.3) is 0 Å². The molecule has 0 aromatic carbocycles. The van der Waals surface area contributed by atoms with Crippen molar-refractivity contribution in [2.75, 3.05) is 5.73 Å². The number of nitrogens with zero attached hydrogens (tertiary/aromatic N) is 3. The summed E-state index contributed by atoms with van der Waals surface area (Å²) in [5.41, 5.74) is 8.61. The van der Waals surface area contributed by atoms with Gasteiger partial charge in [0.05, 0.1) is 17.5 Å². The monoisotopic (exact) mass is 248 g/mol. The number of amides is 1. The smallest absolute Gasteiger partial charge is 0.255 e. The number of rotatable bonds is 3. The summed E-state index contributed by atoms with van der Waals surface area (Å²) in [5.74, 6) is 0.387. The quantitative estimate of drug-likeness (QED) is 0.725. The summed E-state index contributed by atoms with van der Waals surface area (Å²) >= 11 is 0. The van der Waals surface area contributed by atoms with E-state index in [9.17, 15) is 4.79 Å². The summed E-state index contributed by atoms with van der Waals surface area (Å²) < 4.78 is 1.57. The fourth-order valence-electron chi connectivity index (χ4n) is 1.78. The molecule has 0 fully saturated rings. The lowest BCUT2D eigenvalue weighted by atomic mass is 10.2. The second-order valence-electron chi connectivity index (χ2n) is 4.17. The number of anilines is 1. The molecule has 0 spiro atoms. The molecule has 0 radical (unpaired) electrons. The molecule has 0 aliphatic rings. The van der Waals surface area contributed by atoms with Crippen molar-refractivity contribution in [3.05, 3.63) is 28.7 Å². The largest absolute Gasteiger partial charge is 0.384 e. The third kappa shape index (κ3) is 2.06. The third-order valence-electron chi connectivity index (χ3n) is 2.86. The van der Waals surface area contributed by atoms with Crippen LogP contribution in [-0.2, 0) is 13.6 Å². The molecule has 2 rings (SSSR count). The molecule has 4 N–H and O–H groups in total. The Hall–Kier alpha value is -2.31. The summed E-state index contributed by atoms with van der Waals surface area (Å²) in [6.07, 6.45) is 1.64. The molecule has 0 saturated heterocycles. The molecule has 1 amide bonds. The van der Waals surface area contributed by atoms with Crippen molar-refractivity contribution in [3.63, 3.8) is 0 Å². The highest BCUT2D eigenvalue weighted by molar-refractivity contribution is 5.96. The number of H-pyrrole nitrogens is 1. The van der Waals surface area contributed by atoms with Crippen molar-refractivity contribution in [1.82, 2.24) is 25.3 Å². The van der Waals surface area contributed by atoms with Crippen LogP contribution in [0.2, 0.25) is 0 Å². The standard InChI is InChI=1S/C11H16N6O/c1-6-9(7(2)16-15-6)11(18)13-4-8-5-14-17(3)10(8)12/h5H,4,12H2,1-3H3,(H,13,18)(H,15,16). The minimum Gasteiger partial charge on any atom is -0.384 e. The predicted octanol–water partition coefficient (Wildman–Crippen LogP) is 0.272. The molecule has 2 heterocycles. The molecule has 0 bridgehead atoms. The third-order valence-corrected chi connectivity index (χ3v) is 2.86. The SMILES string of the molecule is Cc1n[nH]c(C)c1C(=O)NCc1cnn(C)c1N. The zero-order valence-electron chi connectivity index (χ0n) is 10.6. The Morgan fingerprint density at radius 2 is 2.28 bits per heavy atom. The number of aromatic nitrogens is 4. The Morgan fingerprint density at radius 3 is 2.78 bits per heavy atom. The van der Waals surface area contributed by atoms with E-state index in [1.807, 2.05) is 6.92 Å². The zero-order valence-corrected chi connectivity index (χ0v) is 10.6. The van der Waals surface area contributed by atoms with Gasteiger partial charge in [0, 0.05) is 24.8 Å². The van der Waals surface area contributed by atoms with Gasteiger partial charge in [0.15, 0.2) is 0 Å². The fourth-order valence-corrected chi connectivity index (χ4v) is 1.78. The van der Waals surface area contributed by atoms with Gasteiger partial charge in [-0.15, -0.1) is 0 Å². The van der Waals surface area contributed by atoms with Crippen LogP contribution in [0.15, 0.2) is 6.20 Å². The maximum atomic E-state index is 12.0. The highest BCUT2D eigenvalue weighted by Crippen LogP contribution is 2.11. The van der Waals surface area contributed by atoms with Gasteiger partial charge in [-0.2, -0.15) is 10.2 Å². The minimum atomic E-state index is -0.165. The van der Waals surface area contributed by atoms with Crippen LogP contribution in [0.5, 0.6) is 0 Å². The molecule has 7 heteroatoms. The molecule has 2 aromatic heterocycles. The van der Waals surface area contributed by atoms with Crippen LogP contribution in [-0.4, -0.2) is 25.9 Å². The molecule has 0 atom stereocenters. The Balaban J connectivity index is 2.07. The molecular formula is C11H16N6O. The van der Waals surface area contributed by atoms with Gasteiger partial charge in [0.25, 0.3) is 5.91 Å². The molecule has 18 heavy (non-hydrogen) atoms. The lowest BCUT2D eigenvalue weighted by Crippen LogP contribution is -2.24. The van der Waals surface area contributed by atoms with Crippen molar-refractivity contribution in [1.29, 1.82) is 0 Å².